The zero-order valence-electron chi connectivity index (χ0n) is 15.9. The predicted molar refractivity (Wildman–Crippen MR) is 111 cm³/mol. The quantitative estimate of drug-likeness (QED) is 0.528. The minimum Gasteiger partial charge on any atom is -0.497 e. The fourth-order valence-corrected chi connectivity index (χ4v) is 3.90. The SMILES string of the molecule is COc1ccc2c3ccnc(C)c3n(CCCC(N)c3ccccc3)c2c1. The van der Waals surface area contributed by atoms with Gasteiger partial charge in [-0.1, -0.05) is 30.3 Å². The van der Waals surface area contributed by atoms with Crippen LogP contribution in [0.2, 0.25) is 0 Å². The van der Waals surface area contributed by atoms with Gasteiger partial charge in [-0.3, -0.25) is 4.98 Å². The molecule has 0 saturated heterocycles. The van der Waals surface area contributed by atoms with E-state index in [-0.39, 0.29) is 6.04 Å². The molecule has 0 aliphatic carbocycles. The second kappa shape index (κ2) is 7.41. The third kappa shape index (κ3) is 3.28. The Morgan fingerprint density at radius 3 is 2.67 bits per heavy atom. The summed E-state index contributed by atoms with van der Waals surface area (Å²) in [5.74, 6) is 0.873. The first kappa shape index (κ1) is 17.6. The van der Waals surface area contributed by atoms with Crippen molar-refractivity contribution in [3.05, 3.63) is 72.1 Å². The fraction of sp³-hybridized carbons (Fsp3) is 0.261. The number of pyridine rings is 1. The highest BCUT2D eigenvalue weighted by atomic mass is 16.5. The Bertz CT molecular complexity index is 1070. The zero-order chi connectivity index (χ0) is 18.8. The first-order valence-corrected chi connectivity index (χ1v) is 9.41. The molecule has 1 atom stereocenters. The largest absolute Gasteiger partial charge is 0.497 e. The lowest BCUT2D eigenvalue weighted by Gasteiger charge is -2.14. The normalized spacial score (nSPS) is 12.6. The molecule has 4 nitrogen and oxygen atoms in total. The molecule has 0 amide bonds. The third-order valence-corrected chi connectivity index (χ3v) is 5.29. The van der Waals surface area contributed by atoms with Gasteiger partial charge in [0.1, 0.15) is 5.75 Å². The van der Waals surface area contributed by atoms with E-state index in [1.807, 2.05) is 30.5 Å². The fourth-order valence-electron chi connectivity index (χ4n) is 3.90. The molecule has 0 saturated carbocycles. The van der Waals surface area contributed by atoms with Crippen molar-refractivity contribution in [1.29, 1.82) is 0 Å². The molecule has 0 bridgehead atoms. The van der Waals surface area contributed by atoms with Crippen LogP contribution in [0.15, 0.2) is 60.8 Å². The minimum atomic E-state index is 0.0630. The van der Waals surface area contributed by atoms with Crippen molar-refractivity contribution in [1.82, 2.24) is 9.55 Å². The first-order valence-electron chi connectivity index (χ1n) is 9.41. The molecule has 2 heterocycles. The van der Waals surface area contributed by atoms with Gasteiger partial charge in [0.2, 0.25) is 0 Å². The van der Waals surface area contributed by atoms with Gasteiger partial charge in [-0.05, 0) is 43.5 Å². The van der Waals surface area contributed by atoms with Crippen LogP contribution in [0, 0.1) is 6.92 Å². The van der Waals surface area contributed by atoms with Crippen LogP contribution in [0.4, 0.5) is 0 Å². The lowest BCUT2D eigenvalue weighted by Crippen LogP contribution is -2.11. The van der Waals surface area contributed by atoms with Crippen molar-refractivity contribution in [2.24, 2.45) is 5.73 Å². The molecule has 0 spiro atoms. The van der Waals surface area contributed by atoms with Gasteiger partial charge in [0.25, 0.3) is 0 Å². The number of benzene rings is 2. The number of ether oxygens (including phenoxy) is 1. The average molecular weight is 359 g/mol. The monoisotopic (exact) mass is 359 g/mol. The lowest BCUT2D eigenvalue weighted by atomic mass is 10.0. The summed E-state index contributed by atoms with van der Waals surface area (Å²) < 4.78 is 7.82. The second-order valence-electron chi connectivity index (χ2n) is 6.99. The molecule has 0 aliphatic rings. The van der Waals surface area contributed by atoms with Crippen molar-refractivity contribution < 1.29 is 4.74 Å². The van der Waals surface area contributed by atoms with Gasteiger partial charge in [-0.15, -0.1) is 0 Å². The molecule has 4 heteroatoms. The van der Waals surface area contributed by atoms with Crippen molar-refractivity contribution >= 4 is 21.8 Å². The Kier molecular flexibility index (Phi) is 4.82. The summed E-state index contributed by atoms with van der Waals surface area (Å²) in [6.45, 7) is 2.98. The van der Waals surface area contributed by atoms with E-state index in [0.29, 0.717) is 0 Å². The van der Waals surface area contributed by atoms with E-state index < -0.39 is 0 Å². The van der Waals surface area contributed by atoms with E-state index >= 15 is 0 Å². The van der Waals surface area contributed by atoms with E-state index in [4.69, 9.17) is 10.5 Å². The first-order chi connectivity index (χ1) is 13.2. The minimum absolute atomic E-state index is 0.0630. The summed E-state index contributed by atoms with van der Waals surface area (Å²) in [6.07, 6.45) is 3.83. The van der Waals surface area contributed by atoms with Crippen LogP contribution in [0.3, 0.4) is 0 Å². The molecular weight excluding hydrogens is 334 g/mol. The molecular formula is C23H25N3O. The molecule has 2 aromatic carbocycles. The summed E-state index contributed by atoms with van der Waals surface area (Å²) in [4.78, 5) is 4.52. The highest BCUT2D eigenvalue weighted by Crippen LogP contribution is 2.33. The maximum atomic E-state index is 6.39. The number of aromatic nitrogens is 2. The van der Waals surface area contributed by atoms with Crippen LogP contribution < -0.4 is 10.5 Å². The van der Waals surface area contributed by atoms with Gasteiger partial charge < -0.3 is 15.0 Å². The van der Waals surface area contributed by atoms with Crippen molar-refractivity contribution in [2.75, 3.05) is 7.11 Å². The van der Waals surface area contributed by atoms with Crippen molar-refractivity contribution in [3.8, 4) is 5.75 Å². The summed E-state index contributed by atoms with van der Waals surface area (Å²) in [7, 11) is 1.71. The van der Waals surface area contributed by atoms with Crippen LogP contribution in [0.1, 0.15) is 30.1 Å². The molecule has 1 unspecified atom stereocenters. The van der Waals surface area contributed by atoms with Crippen LogP contribution in [-0.2, 0) is 6.54 Å². The number of fused-ring (bicyclic) bond motifs is 3. The molecule has 0 fully saturated rings. The van der Waals surface area contributed by atoms with E-state index in [9.17, 15) is 0 Å². The Morgan fingerprint density at radius 2 is 1.89 bits per heavy atom. The topological polar surface area (TPSA) is 53.1 Å². The molecule has 27 heavy (non-hydrogen) atoms. The Balaban J connectivity index is 1.67. The highest BCUT2D eigenvalue weighted by Gasteiger charge is 2.14. The Morgan fingerprint density at radius 1 is 1.07 bits per heavy atom. The van der Waals surface area contributed by atoms with Gasteiger partial charge in [0.05, 0.1) is 23.8 Å². The van der Waals surface area contributed by atoms with Crippen LogP contribution in [0.25, 0.3) is 21.8 Å². The zero-order valence-corrected chi connectivity index (χ0v) is 15.9. The molecule has 4 aromatic rings. The molecule has 4 rings (SSSR count). The van der Waals surface area contributed by atoms with E-state index in [2.05, 4.69) is 46.8 Å². The maximum Gasteiger partial charge on any atom is 0.120 e. The van der Waals surface area contributed by atoms with Gasteiger partial charge in [0.15, 0.2) is 0 Å². The van der Waals surface area contributed by atoms with Gasteiger partial charge >= 0.3 is 0 Å². The smallest absolute Gasteiger partial charge is 0.120 e. The summed E-state index contributed by atoms with van der Waals surface area (Å²) >= 11 is 0. The van der Waals surface area contributed by atoms with Crippen molar-refractivity contribution in [2.45, 2.75) is 32.4 Å². The lowest BCUT2D eigenvalue weighted by molar-refractivity contribution is 0.415. The van der Waals surface area contributed by atoms with Gasteiger partial charge in [0, 0.05) is 35.6 Å². The molecule has 2 aromatic heterocycles. The van der Waals surface area contributed by atoms with Crippen LogP contribution in [-0.4, -0.2) is 16.7 Å². The molecule has 2 N–H and O–H groups in total. The average Bonchev–Trinajstić information content (AvgIpc) is 3.03. The number of hydrogen-bond donors (Lipinski definition) is 1. The Hall–Kier alpha value is -2.85. The molecule has 0 radical (unpaired) electrons. The third-order valence-electron chi connectivity index (χ3n) is 5.29. The maximum absolute atomic E-state index is 6.39. The summed E-state index contributed by atoms with van der Waals surface area (Å²) in [5.41, 5.74) is 11.0. The standard InChI is InChI=1S/C23H25N3O/c1-16-23-20(12-13-25-16)19-11-10-18(27-2)15-22(19)26(23)14-6-9-21(24)17-7-4-3-5-8-17/h3-5,7-8,10-13,15,21H,6,9,14,24H2,1-2H3. The summed E-state index contributed by atoms with van der Waals surface area (Å²) in [5, 5.41) is 2.48. The highest BCUT2D eigenvalue weighted by molar-refractivity contribution is 6.09. The molecule has 0 aliphatic heterocycles. The predicted octanol–water partition coefficient (Wildman–Crippen LogP) is 4.99. The molecule has 138 valence electrons. The van der Waals surface area contributed by atoms with Crippen LogP contribution >= 0.6 is 0 Å². The number of aryl methyl sites for hydroxylation is 2. The summed E-state index contributed by atoms with van der Waals surface area (Å²) in [6, 6.07) is 18.8. The van der Waals surface area contributed by atoms with E-state index in [1.54, 1.807) is 7.11 Å². The number of nitrogens with zero attached hydrogens (tertiary/aromatic N) is 2. The number of nitrogens with two attached hydrogens (primary N) is 1. The van der Waals surface area contributed by atoms with E-state index in [0.717, 1.165) is 30.8 Å². The van der Waals surface area contributed by atoms with Gasteiger partial charge in [-0.2, -0.15) is 0 Å². The van der Waals surface area contributed by atoms with Crippen molar-refractivity contribution in [3.63, 3.8) is 0 Å². The Labute approximate surface area is 159 Å². The number of methoxy groups -OCH3 is 1. The second-order valence-corrected chi connectivity index (χ2v) is 6.99. The number of hydrogen-bond acceptors (Lipinski definition) is 3. The van der Waals surface area contributed by atoms with Gasteiger partial charge in [-0.25, -0.2) is 0 Å². The number of rotatable bonds is 6. The van der Waals surface area contributed by atoms with Crippen LogP contribution in [0.5, 0.6) is 5.75 Å². The van der Waals surface area contributed by atoms with E-state index in [1.165, 1.54) is 27.4 Å².